The third-order valence-corrected chi connectivity index (χ3v) is 5.40. The normalized spacial score (nSPS) is 19.3. The Labute approximate surface area is 153 Å². The largest absolute Gasteiger partial charge is 0.484 e. The van der Waals surface area contributed by atoms with Crippen molar-refractivity contribution in [3.05, 3.63) is 23.8 Å². The van der Waals surface area contributed by atoms with Crippen LogP contribution >= 0.6 is 0 Å². The Bertz CT molecular complexity index is 755. The average Bonchev–Trinajstić information content (AvgIpc) is 3.02. The van der Waals surface area contributed by atoms with Gasteiger partial charge in [0.1, 0.15) is 12.3 Å². The van der Waals surface area contributed by atoms with Crippen molar-refractivity contribution in [3.63, 3.8) is 0 Å². The van der Waals surface area contributed by atoms with Crippen molar-refractivity contribution in [2.75, 3.05) is 20.2 Å². The van der Waals surface area contributed by atoms with E-state index in [0.717, 1.165) is 24.1 Å². The van der Waals surface area contributed by atoms with Gasteiger partial charge in [-0.1, -0.05) is 19.3 Å². The number of hydrogen-bond donors (Lipinski definition) is 1. The number of carbonyl (C=O) groups is 2. The van der Waals surface area contributed by atoms with Crippen LogP contribution in [0.3, 0.4) is 0 Å². The molecule has 2 aliphatic heterocycles. The molecule has 0 atom stereocenters. The van der Waals surface area contributed by atoms with Crippen LogP contribution in [-0.2, 0) is 16.1 Å². The number of carbonyl (C=O) groups excluding carboxylic acids is 2. The van der Waals surface area contributed by atoms with Crippen LogP contribution in [0.5, 0.6) is 5.75 Å². The summed E-state index contributed by atoms with van der Waals surface area (Å²) in [5, 5.41) is 2.75. The molecular formula is C19H24N4O3. The summed E-state index contributed by atoms with van der Waals surface area (Å²) < 4.78 is 5.74. The van der Waals surface area contributed by atoms with Gasteiger partial charge in [0.15, 0.2) is 6.61 Å². The third kappa shape index (κ3) is 3.38. The topological polar surface area (TPSA) is 74.2 Å². The highest BCUT2D eigenvalue weighted by atomic mass is 16.5. The van der Waals surface area contributed by atoms with Crippen LogP contribution in [-0.4, -0.2) is 53.8 Å². The second-order valence-corrected chi connectivity index (χ2v) is 7.22. The Hall–Kier alpha value is -2.57. The van der Waals surface area contributed by atoms with Crippen molar-refractivity contribution in [2.24, 2.45) is 4.99 Å². The van der Waals surface area contributed by atoms with Crippen LogP contribution in [0.4, 0.5) is 5.69 Å². The predicted molar refractivity (Wildman–Crippen MR) is 97.2 cm³/mol. The minimum Gasteiger partial charge on any atom is -0.484 e. The van der Waals surface area contributed by atoms with Crippen molar-refractivity contribution in [3.8, 4) is 5.75 Å². The molecule has 0 radical (unpaired) electrons. The average molecular weight is 356 g/mol. The molecule has 4 rings (SSSR count). The molecule has 1 N–H and O–H groups in total. The summed E-state index contributed by atoms with van der Waals surface area (Å²) in [5.74, 6) is 1.25. The molecule has 2 heterocycles. The third-order valence-electron chi connectivity index (χ3n) is 5.40. The maximum absolute atomic E-state index is 12.4. The Morgan fingerprint density at radius 1 is 1.31 bits per heavy atom. The summed E-state index contributed by atoms with van der Waals surface area (Å²) in [5.41, 5.74) is 1.83. The van der Waals surface area contributed by atoms with Crippen LogP contribution < -0.4 is 10.1 Å². The van der Waals surface area contributed by atoms with Gasteiger partial charge in [0.25, 0.3) is 5.91 Å². The van der Waals surface area contributed by atoms with Gasteiger partial charge < -0.3 is 14.5 Å². The molecule has 2 fully saturated rings. The lowest BCUT2D eigenvalue weighted by molar-refractivity contribution is -0.134. The van der Waals surface area contributed by atoms with E-state index < -0.39 is 0 Å². The lowest BCUT2D eigenvalue weighted by Crippen LogP contribution is -2.40. The molecule has 1 saturated carbocycles. The SMILES string of the molecule is CN(C(=O)COc1ccc2c(c1)CN1CC(=O)NC1=N2)C1CCCCC1. The summed E-state index contributed by atoms with van der Waals surface area (Å²) in [6.45, 7) is 0.984. The van der Waals surface area contributed by atoms with E-state index in [2.05, 4.69) is 10.3 Å². The van der Waals surface area contributed by atoms with E-state index in [-0.39, 0.29) is 18.4 Å². The number of benzene rings is 1. The number of aliphatic imine (C=N–C) groups is 1. The molecule has 0 unspecified atom stereocenters. The number of amides is 2. The zero-order valence-corrected chi connectivity index (χ0v) is 15.0. The van der Waals surface area contributed by atoms with E-state index in [4.69, 9.17) is 4.74 Å². The number of hydrogen-bond acceptors (Lipinski definition) is 5. The van der Waals surface area contributed by atoms with Gasteiger partial charge in [-0.2, -0.15) is 0 Å². The first-order valence-corrected chi connectivity index (χ1v) is 9.25. The molecule has 1 aliphatic carbocycles. The Kier molecular flexibility index (Phi) is 4.53. The van der Waals surface area contributed by atoms with E-state index >= 15 is 0 Å². The van der Waals surface area contributed by atoms with E-state index in [9.17, 15) is 9.59 Å². The van der Waals surface area contributed by atoms with Crippen LogP contribution in [0.25, 0.3) is 0 Å². The molecule has 26 heavy (non-hydrogen) atoms. The van der Waals surface area contributed by atoms with E-state index in [1.54, 1.807) is 0 Å². The lowest BCUT2D eigenvalue weighted by Gasteiger charge is -2.31. The Balaban J connectivity index is 1.37. The zero-order chi connectivity index (χ0) is 18.1. The molecule has 138 valence electrons. The lowest BCUT2D eigenvalue weighted by atomic mass is 9.94. The number of nitrogens with zero attached hydrogens (tertiary/aromatic N) is 3. The first-order valence-electron chi connectivity index (χ1n) is 9.25. The monoisotopic (exact) mass is 356 g/mol. The number of guanidine groups is 1. The highest BCUT2D eigenvalue weighted by Crippen LogP contribution is 2.30. The molecule has 2 amide bonds. The predicted octanol–water partition coefficient (Wildman–Crippen LogP) is 1.79. The minimum absolute atomic E-state index is 0.0178. The van der Waals surface area contributed by atoms with Crippen molar-refractivity contribution in [1.29, 1.82) is 0 Å². The number of fused-ring (bicyclic) bond motifs is 2. The fourth-order valence-corrected chi connectivity index (χ4v) is 3.85. The number of ether oxygens (including phenoxy) is 1. The van der Waals surface area contributed by atoms with E-state index in [1.165, 1.54) is 19.3 Å². The number of nitrogens with one attached hydrogen (secondary N) is 1. The van der Waals surface area contributed by atoms with Crippen LogP contribution in [0.2, 0.25) is 0 Å². The smallest absolute Gasteiger partial charge is 0.260 e. The quantitative estimate of drug-likeness (QED) is 0.893. The summed E-state index contributed by atoms with van der Waals surface area (Å²) in [7, 11) is 1.88. The summed E-state index contributed by atoms with van der Waals surface area (Å²) >= 11 is 0. The molecule has 7 nitrogen and oxygen atoms in total. The maximum Gasteiger partial charge on any atom is 0.260 e. The Morgan fingerprint density at radius 3 is 2.92 bits per heavy atom. The molecule has 1 aromatic rings. The molecule has 0 bridgehead atoms. The number of rotatable bonds is 4. The standard InChI is InChI=1S/C19H24N4O3/c1-22(14-5-3-2-4-6-14)18(25)12-26-15-7-8-16-13(9-15)10-23-11-17(24)21-19(23)20-16/h7-9,14H,2-6,10-12H2,1H3,(H,20,21,24). The van der Waals surface area contributed by atoms with E-state index in [1.807, 2.05) is 35.0 Å². The minimum atomic E-state index is -0.0376. The highest BCUT2D eigenvalue weighted by Gasteiger charge is 2.29. The molecular weight excluding hydrogens is 332 g/mol. The van der Waals surface area contributed by atoms with Crippen molar-refractivity contribution in [2.45, 2.75) is 44.7 Å². The fraction of sp³-hybridized carbons (Fsp3) is 0.526. The second kappa shape index (κ2) is 6.97. The van der Waals surface area contributed by atoms with Crippen LogP contribution in [0.1, 0.15) is 37.7 Å². The van der Waals surface area contributed by atoms with Gasteiger partial charge in [-0.15, -0.1) is 0 Å². The van der Waals surface area contributed by atoms with Gasteiger partial charge >= 0.3 is 0 Å². The summed E-state index contributed by atoms with van der Waals surface area (Å²) in [6, 6.07) is 5.95. The highest BCUT2D eigenvalue weighted by molar-refractivity contribution is 6.05. The molecule has 7 heteroatoms. The molecule has 0 spiro atoms. The van der Waals surface area contributed by atoms with Gasteiger partial charge in [0, 0.05) is 25.2 Å². The first-order chi connectivity index (χ1) is 12.6. The summed E-state index contributed by atoms with van der Waals surface area (Å²) in [4.78, 5) is 32.1. The van der Waals surface area contributed by atoms with E-state index in [0.29, 0.717) is 30.8 Å². The van der Waals surface area contributed by atoms with Gasteiger partial charge in [-0.05, 0) is 31.0 Å². The van der Waals surface area contributed by atoms with Gasteiger partial charge in [0.05, 0.1) is 5.69 Å². The van der Waals surface area contributed by atoms with Gasteiger partial charge in [0.2, 0.25) is 11.9 Å². The van der Waals surface area contributed by atoms with Crippen LogP contribution in [0.15, 0.2) is 23.2 Å². The van der Waals surface area contributed by atoms with Crippen molar-refractivity contribution < 1.29 is 14.3 Å². The van der Waals surface area contributed by atoms with Crippen molar-refractivity contribution >= 4 is 23.5 Å². The van der Waals surface area contributed by atoms with Crippen molar-refractivity contribution in [1.82, 2.24) is 15.1 Å². The molecule has 1 saturated heterocycles. The zero-order valence-electron chi connectivity index (χ0n) is 15.0. The van der Waals surface area contributed by atoms with Gasteiger partial charge in [-0.25, -0.2) is 4.99 Å². The Morgan fingerprint density at radius 2 is 2.12 bits per heavy atom. The fourth-order valence-electron chi connectivity index (χ4n) is 3.85. The maximum atomic E-state index is 12.4. The van der Waals surface area contributed by atoms with Crippen LogP contribution in [0, 0.1) is 0 Å². The molecule has 0 aromatic heterocycles. The first kappa shape index (κ1) is 16.9. The van der Waals surface area contributed by atoms with Gasteiger partial charge in [-0.3, -0.25) is 14.9 Å². The molecule has 1 aromatic carbocycles. The summed E-state index contributed by atoms with van der Waals surface area (Å²) in [6.07, 6.45) is 5.84. The second-order valence-electron chi connectivity index (χ2n) is 7.22. The molecule has 3 aliphatic rings. The number of likely N-dealkylation sites (N-methyl/N-ethyl adjacent to an activating group) is 1.